The Kier molecular flexibility index (Phi) is 7.06. The molecule has 1 aliphatic rings. The lowest BCUT2D eigenvalue weighted by atomic mass is 10.1. The molecule has 0 aromatic heterocycles. The highest BCUT2D eigenvalue weighted by molar-refractivity contribution is 5.92. The van der Waals surface area contributed by atoms with E-state index in [4.69, 9.17) is 0 Å². The van der Waals surface area contributed by atoms with Crippen LogP contribution in [0.25, 0.3) is 0 Å². The molecular weight excluding hydrogens is 350 g/mol. The third-order valence-corrected chi connectivity index (χ3v) is 5.07. The van der Waals surface area contributed by atoms with Crippen molar-refractivity contribution in [1.82, 2.24) is 4.90 Å². The summed E-state index contributed by atoms with van der Waals surface area (Å²) in [6.45, 7) is 3.69. The lowest BCUT2D eigenvalue weighted by molar-refractivity contribution is -0.116. The number of rotatable bonds is 5. The molecule has 0 aliphatic carbocycles. The largest absolute Gasteiger partial charge is 0.326 e. The predicted molar refractivity (Wildman–Crippen MR) is 114 cm³/mol. The number of aryl methyl sites for hydroxylation is 2. The van der Waals surface area contributed by atoms with E-state index < -0.39 is 0 Å². The normalized spacial score (nSPS) is 14.2. The number of nitrogens with one attached hydrogen (secondary N) is 2. The van der Waals surface area contributed by atoms with Crippen LogP contribution in [0.2, 0.25) is 0 Å². The summed E-state index contributed by atoms with van der Waals surface area (Å²) in [5.74, 6) is -0.0121. The summed E-state index contributed by atoms with van der Waals surface area (Å²) < 4.78 is 0. The third-order valence-electron chi connectivity index (χ3n) is 5.07. The SMILES string of the molecule is Cc1ccc(CCC(=O)Nc2ccc(NC(=O)N3CCCCCC3)cc2)cc1. The minimum absolute atomic E-state index is 0.0121. The first kappa shape index (κ1) is 19.9. The van der Waals surface area contributed by atoms with E-state index in [0.29, 0.717) is 6.42 Å². The molecule has 0 bridgehead atoms. The number of carbonyl (C=O) groups is 2. The topological polar surface area (TPSA) is 61.4 Å². The average Bonchev–Trinajstić information content (AvgIpc) is 2.99. The maximum Gasteiger partial charge on any atom is 0.321 e. The Bertz CT molecular complexity index is 776. The second-order valence-corrected chi connectivity index (χ2v) is 7.44. The van der Waals surface area contributed by atoms with Gasteiger partial charge in [-0.15, -0.1) is 0 Å². The molecule has 5 heteroatoms. The number of benzene rings is 2. The summed E-state index contributed by atoms with van der Waals surface area (Å²) in [4.78, 5) is 26.4. The number of hydrogen-bond donors (Lipinski definition) is 2. The molecule has 0 saturated carbocycles. The molecular formula is C23H29N3O2. The maximum atomic E-state index is 12.4. The molecule has 1 aliphatic heterocycles. The van der Waals surface area contributed by atoms with Crippen LogP contribution < -0.4 is 10.6 Å². The molecule has 148 valence electrons. The second kappa shape index (κ2) is 9.93. The van der Waals surface area contributed by atoms with Gasteiger partial charge >= 0.3 is 6.03 Å². The van der Waals surface area contributed by atoms with Crippen molar-refractivity contribution in [2.24, 2.45) is 0 Å². The van der Waals surface area contributed by atoms with Gasteiger partial charge in [0.25, 0.3) is 0 Å². The molecule has 5 nitrogen and oxygen atoms in total. The van der Waals surface area contributed by atoms with E-state index in [2.05, 4.69) is 41.8 Å². The molecule has 0 radical (unpaired) electrons. The Morgan fingerprint density at radius 3 is 2.00 bits per heavy atom. The molecule has 3 amide bonds. The maximum absolute atomic E-state index is 12.4. The molecule has 0 unspecified atom stereocenters. The highest BCUT2D eigenvalue weighted by Gasteiger charge is 2.15. The van der Waals surface area contributed by atoms with Gasteiger partial charge in [-0.3, -0.25) is 4.79 Å². The van der Waals surface area contributed by atoms with Crippen LogP contribution in [0.15, 0.2) is 48.5 Å². The monoisotopic (exact) mass is 379 g/mol. The Labute approximate surface area is 167 Å². The fourth-order valence-electron chi connectivity index (χ4n) is 3.35. The van der Waals surface area contributed by atoms with E-state index in [9.17, 15) is 9.59 Å². The molecule has 3 rings (SSSR count). The molecule has 2 aromatic carbocycles. The van der Waals surface area contributed by atoms with Gasteiger partial charge in [0.1, 0.15) is 0 Å². The van der Waals surface area contributed by atoms with Crippen molar-refractivity contribution in [3.05, 3.63) is 59.7 Å². The fraction of sp³-hybridized carbons (Fsp3) is 0.391. The average molecular weight is 380 g/mol. The zero-order valence-corrected chi connectivity index (χ0v) is 16.5. The second-order valence-electron chi connectivity index (χ2n) is 7.44. The highest BCUT2D eigenvalue weighted by atomic mass is 16.2. The van der Waals surface area contributed by atoms with Gasteiger partial charge in [-0.05, 0) is 56.0 Å². The Hall–Kier alpha value is -2.82. The van der Waals surface area contributed by atoms with Crippen LogP contribution in [0.5, 0.6) is 0 Å². The number of nitrogens with zero attached hydrogens (tertiary/aromatic N) is 1. The van der Waals surface area contributed by atoms with Gasteiger partial charge < -0.3 is 15.5 Å². The molecule has 1 fully saturated rings. The summed E-state index contributed by atoms with van der Waals surface area (Å²) in [5.41, 5.74) is 3.86. The van der Waals surface area contributed by atoms with Crippen LogP contribution in [-0.4, -0.2) is 29.9 Å². The van der Waals surface area contributed by atoms with Crippen molar-refractivity contribution in [3.63, 3.8) is 0 Å². The molecule has 1 saturated heterocycles. The van der Waals surface area contributed by atoms with Gasteiger partial charge in [-0.1, -0.05) is 42.7 Å². The Morgan fingerprint density at radius 1 is 0.821 bits per heavy atom. The van der Waals surface area contributed by atoms with E-state index in [0.717, 1.165) is 49.3 Å². The first-order valence-electron chi connectivity index (χ1n) is 10.1. The number of amides is 3. The van der Waals surface area contributed by atoms with Crippen molar-refractivity contribution in [3.8, 4) is 0 Å². The van der Waals surface area contributed by atoms with Crippen molar-refractivity contribution >= 4 is 23.3 Å². The molecule has 28 heavy (non-hydrogen) atoms. The van der Waals surface area contributed by atoms with E-state index >= 15 is 0 Å². The lowest BCUT2D eigenvalue weighted by Gasteiger charge is -2.20. The van der Waals surface area contributed by atoms with E-state index in [1.54, 1.807) is 0 Å². The van der Waals surface area contributed by atoms with E-state index in [1.807, 2.05) is 29.2 Å². The van der Waals surface area contributed by atoms with Gasteiger partial charge in [-0.25, -0.2) is 4.79 Å². The van der Waals surface area contributed by atoms with E-state index in [-0.39, 0.29) is 11.9 Å². The van der Waals surface area contributed by atoms with Crippen molar-refractivity contribution in [2.45, 2.75) is 45.4 Å². The number of urea groups is 1. The van der Waals surface area contributed by atoms with Crippen LogP contribution in [-0.2, 0) is 11.2 Å². The van der Waals surface area contributed by atoms with Gasteiger partial charge in [0.2, 0.25) is 5.91 Å². The molecule has 0 atom stereocenters. The minimum Gasteiger partial charge on any atom is -0.326 e. The van der Waals surface area contributed by atoms with Crippen LogP contribution in [0.1, 0.15) is 43.2 Å². The van der Waals surface area contributed by atoms with Crippen molar-refractivity contribution in [1.29, 1.82) is 0 Å². The van der Waals surface area contributed by atoms with Crippen LogP contribution in [0.3, 0.4) is 0 Å². The van der Waals surface area contributed by atoms with Crippen LogP contribution in [0.4, 0.5) is 16.2 Å². The van der Waals surface area contributed by atoms with Crippen LogP contribution >= 0.6 is 0 Å². The summed E-state index contributed by atoms with van der Waals surface area (Å²) in [6, 6.07) is 15.5. The molecule has 2 N–H and O–H groups in total. The first-order valence-corrected chi connectivity index (χ1v) is 10.1. The quantitative estimate of drug-likeness (QED) is 0.770. The van der Waals surface area contributed by atoms with Crippen molar-refractivity contribution < 1.29 is 9.59 Å². The lowest BCUT2D eigenvalue weighted by Crippen LogP contribution is -2.35. The molecule has 1 heterocycles. The summed E-state index contributed by atoms with van der Waals surface area (Å²) in [6.07, 6.45) is 5.69. The summed E-state index contributed by atoms with van der Waals surface area (Å²) >= 11 is 0. The van der Waals surface area contributed by atoms with E-state index in [1.165, 1.54) is 18.4 Å². The zero-order valence-electron chi connectivity index (χ0n) is 16.5. The van der Waals surface area contributed by atoms with Crippen molar-refractivity contribution in [2.75, 3.05) is 23.7 Å². The first-order chi connectivity index (χ1) is 13.6. The Morgan fingerprint density at radius 2 is 1.39 bits per heavy atom. The number of likely N-dealkylation sites (tertiary alicyclic amines) is 1. The highest BCUT2D eigenvalue weighted by Crippen LogP contribution is 2.16. The number of carbonyl (C=O) groups excluding carboxylic acids is 2. The summed E-state index contributed by atoms with van der Waals surface area (Å²) in [5, 5.41) is 5.86. The Balaban J connectivity index is 1.46. The van der Waals surface area contributed by atoms with Gasteiger partial charge in [0, 0.05) is 30.9 Å². The number of hydrogen-bond acceptors (Lipinski definition) is 2. The molecule has 2 aromatic rings. The smallest absolute Gasteiger partial charge is 0.321 e. The fourth-order valence-corrected chi connectivity index (χ4v) is 3.35. The number of anilines is 2. The standard InChI is InChI=1S/C23H29N3O2/c1-18-6-8-19(9-7-18)10-15-22(27)24-20-11-13-21(14-12-20)25-23(28)26-16-4-2-3-5-17-26/h6-9,11-14H,2-5,10,15-17H2,1H3,(H,24,27)(H,25,28). The van der Waals surface area contributed by atoms with Gasteiger partial charge in [0.15, 0.2) is 0 Å². The van der Waals surface area contributed by atoms with Gasteiger partial charge in [0.05, 0.1) is 0 Å². The third kappa shape index (κ3) is 6.12. The summed E-state index contributed by atoms with van der Waals surface area (Å²) in [7, 11) is 0. The van der Waals surface area contributed by atoms with Gasteiger partial charge in [-0.2, -0.15) is 0 Å². The van der Waals surface area contributed by atoms with Crippen LogP contribution in [0, 0.1) is 6.92 Å². The molecule has 0 spiro atoms. The zero-order chi connectivity index (χ0) is 19.8. The predicted octanol–water partition coefficient (Wildman–Crippen LogP) is 4.97. The minimum atomic E-state index is -0.0446.